The van der Waals surface area contributed by atoms with Gasteiger partial charge in [-0.3, -0.25) is 4.79 Å². The van der Waals surface area contributed by atoms with Gasteiger partial charge in [-0.25, -0.2) is 0 Å². The Morgan fingerprint density at radius 3 is 2.65 bits per heavy atom. The fourth-order valence-electron chi connectivity index (χ4n) is 2.53. The molecule has 7 heteroatoms. The third-order valence-electron chi connectivity index (χ3n) is 3.87. The summed E-state index contributed by atoms with van der Waals surface area (Å²) in [4.78, 5) is 14.0. The molecule has 2 heterocycles. The third-order valence-corrected chi connectivity index (χ3v) is 4.05. The Morgan fingerprint density at radius 1 is 1.27 bits per heavy atom. The van der Waals surface area contributed by atoms with Crippen molar-refractivity contribution in [2.75, 3.05) is 7.11 Å². The number of nitrogens with zero attached hydrogens (tertiary/aromatic N) is 2. The molecule has 2 aromatic heterocycles. The summed E-state index contributed by atoms with van der Waals surface area (Å²) in [6.45, 7) is 2.23. The summed E-state index contributed by atoms with van der Waals surface area (Å²) < 4.78 is 15.9. The van der Waals surface area contributed by atoms with Gasteiger partial charge in [-0.2, -0.15) is 0 Å². The standard InChI is InChI=1S/C19H19ClN2O4/c1-13(20)19(23)22(12-17-4-3-9-25-17)11-15-10-18(26-21-15)14-5-7-16(24-2)8-6-14/h3-10,13H,11-12H2,1-2H3/t13-/m0/s1. The van der Waals surface area contributed by atoms with Crippen LogP contribution in [0.4, 0.5) is 0 Å². The van der Waals surface area contributed by atoms with Crippen molar-refractivity contribution in [3.05, 3.63) is 60.2 Å². The van der Waals surface area contributed by atoms with Crippen LogP contribution in [0.2, 0.25) is 0 Å². The molecule has 1 amide bonds. The van der Waals surface area contributed by atoms with Crippen LogP contribution in [-0.4, -0.2) is 28.5 Å². The Morgan fingerprint density at radius 2 is 2.04 bits per heavy atom. The molecule has 0 fully saturated rings. The molecule has 0 saturated heterocycles. The van der Waals surface area contributed by atoms with Gasteiger partial charge >= 0.3 is 0 Å². The predicted molar refractivity (Wildman–Crippen MR) is 96.8 cm³/mol. The summed E-state index contributed by atoms with van der Waals surface area (Å²) in [5.41, 5.74) is 1.51. The number of ether oxygens (including phenoxy) is 1. The summed E-state index contributed by atoms with van der Waals surface area (Å²) in [6.07, 6.45) is 1.57. The Kier molecular flexibility index (Phi) is 5.63. The van der Waals surface area contributed by atoms with Gasteiger partial charge in [0, 0.05) is 11.6 Å². The number of furan rings is 1. The van der Waals surface area contributed by atoms with E-state index in [-0.39, 0.29) is 12.5 Å². The van der Waals surface area contributed by atoms with E-state index in [0.29, 0.717) is 23.8 Å². The monoisotopic (exact) mass is 374 g/mol. The van der Waals surface area contributed by atoms with Crippen molar-refractivity contribution in [3.8, 4) is 17.1 Å². The summed E-state index contributed by atoms with van der Waals surface area (Å²) in [5.74, 6) is 1.86. The fraction of sp³-hybridized carbons (Fsp3) is 0.263. The predicted octanol–water partition coefficient (Wildman–Crippen LogP) is 4.10. The molecule has 6 nitrogen and oxygen atoms in total. The number of carbonyl (C=O) groups is 1. The van der Waals surface area contributed by atoms with E-state index in [2.05, 4.69) is 5.16 Å². The largest absolute Gasteiger partial charge is 0.497 e. The van der Waals surface area contributed by atoms with E-state index in [4.69, 9.17) is 25.3 Å². The van der Waals surface area contributed by atoms with Crippen molar-refractivity contribution in [2.45, 2.75) is 25.4 Å². The van der Waals surface area contributed by atoms with Crippen LogP contribution in [0.15, 0.2) is 57.7 Å². The third kappa shape index (κ3) is 4.26. The number of amides is 1. The summed E-state index contributed by atoms with van der Waals surface area (Å²) in [7, 11) is 1.62. The molecule has 0 aliphatic carbocycles. The molecule has 0 unspecified atom stereocenters. The topological polar surface area (TPSA) is 68.7 Å². The van der Waals surface area contributed by atoms with Crippen LogP contribution in [0.1, 0.15) is 18.4 Å². The lowest BCUT2D eigenvalue weighted by atomic mass is 10.1. The number of benzene rings is 1. The lowest BCUT2D eigenvalue weighted by molar-refractivity contribution is -0.132. The van der Waals surface area contributed by atoms with E-state index in [9.17, 15) is 4.79 Å². The van der Waals surface area contributed by atoms with E-state index < -0.39 is 5.38 Å². The number of alkyl halides is 1. The first-order chi connectivity index (χ1) is 12.6. The van der Waals surface area contributed by atoms with E-state index in [1.165, 1.54) is 0 Å². The number of aromatic nitrogens is 1. The Bertz CT molecular complexity index is 841. The number of hydrogen-bond acceptors (Lipinski definition) is 5. The zero-order chi connectivity index (χ0) is 18.5. The minimum Gasteiger partial charge on any atom is -0.497 e. The second-order valence-corrected chi connectivity index (χ2v) is 6.46. The number of rotatable bonds is 7. The molecule has 0 N–H and O–H groups in total. The zero-order valence-electron chi connectivity index (χ0n) is 14.5. The van der Waals surface area contributed by atoms with Crippen LogP contribution in [0.3, 0.4) is 0 Å². The van der Waals surface area contributed by atoms with E-state index in [1.54, 1.807) is 31.3 Å². The van der Waals surface area contributed by atoms with Crippen LogP contribution in [-0.2, 0) is 17.9 Å². The van der Waals surface area contributed by atoms with Crippen LogP contribution < -0.4 is 4.74 Å². The van der Waals surface area contributed by atoms with E-state index in [0.717, 1.165) is 11.3 Å². The average Bonchev–Trinajstić information content (AvgIpc) is 3.32. The smallest absolute Gasteiger partial charge is 0.241 e. The number of carbonyl (C=O) groups excluding carboxylic acids is 1. The lowest BCUT2D eigenvalue weighted by Crippen LogP contribution is -2.34. The minimum absolute atomic E-state index is 0.197. The van der Waals surface area contributed by atoms with Gasteiger partial charge < -0.3 is 18.6 Å². The van der Waals surface area contributed by atoms with Gasteiger partial charge in [0.2, 0.25) is 5.91 Å². The van der Waals surface area contributed by atoms with Crippen molar-refractivity contribution < 1.29 is 18.5 Å². The van der Waals surface area contributed by atoms with Gasteiger partial charge in [0.25, 0.3) is 0 Å². The second kappa shape index (κ2) is 8.10. The Labute approximate surface area is 156 Å². The molecule has 3 aromatic rings. The molecule has 1 aromatic carbocycles. The van der Waals surface area contributed by atoms with Crippen molar-refractivity contribution in [1.82, 2.24) is 10.1 Å². The minimum atomic E-state index is -0.641. The maximum atomic E-state index is 12.4. The molecule has 0 aliphatic heterocycles. The highest BCUT2D eigenvalue weighted by molar-refractivity contribution is 6.30. The molecular formula is C19H19ClN2O4. The highest BCUT2D eigenvalue weighted by atomic mass is 35.5. The van der Waals surface area contributed by atoms with E-state index >= 15 is 0 Å². The summed E-state index contributed by atoms with van der Waals surface area (Å²) >= 11 is 5.98. The summed E-state index contributed by atoms with van der Waals surface area (Å²) in [5, 5.41) is 3.43. The van der Waals surface area contributed by atoms with Crippen LogP contribution >= 0.6 is 11.6 Å². The van der Waals surface area contributed by atoms with Gasteiger partial charge in [0.15, 0.2) is 5.76 Å². The zero-order valence-corrected chi connectivity index (χ0v) is 15.3. The maximum Gasteiger partial charge on any atom is 0.241 e. The van der Waals surface area contributed by atoms with Crippen molar-refractivity contribution in [2.24, 2.45) is 0 Å². The summed E-state index contributed by atoms with van der Waals surface area (Å²) in [6, 6.07) is 12.9. The SMILES string of the molecule is COc1ccc(-c2cc(CN(Cc3ccco3)C(=O)[C@H](C)Cl)no2)cc1. The quantitative estimate of drug-likeness (QED) is 0.582. The molecule has 1 atom stereocenters. The van der Waals surface area contributed by atoms with Crippen LogP contribution in [0.5, 0.6) is 5.75 Å². The van der Waals surface area contributed by atoms with Crippen molar-refractivity contribution >= 4 is 17.5 Å². The first-order valence-corrected chi connectivity index (χ1v) is 8.55. The molecule has 26 heavy (non-hydrogen) atoms. The molecule has 0 radical (unpaired) electrons. The Hall–Kier alpha value is -2.73. The molecule has 0 bridgehead atoms. The van der Waals surface area contributed by atoms with Gasteiger partial charge in [0.05, 0.1) is 26.5 Å². The highest BCUT2D eigenvalue weighted by Crippen LogP contribution is 2.24. The first kappa shape index (κ1) is 18.1. The van der Waals surface area contributed by atoms with Gasteiger partial charge in [-0.05, 0) is 43.3 Å². The fourth-order valence-corrected chi connectivity index (χ4v) is 2.67. The van der Waals surface area contributed by atoms with Gasteiger partial charge in [-0.1, -0.05) is 5.16 Å². The molecule has 0 saturated carbocycles. The van der Waals surface area contributed by atoms with E-state index in [1.807, 2.05) is 36.4 Å². The molecule has 3 rings (SSSR count). The van der Waals surface area contributed by atoms with Crippen molar-refractivity contribution in [3.63, 3.8) is 0 Å². The molecular weight excluding hydrogens is 356 g/mol. The van der Waals surface area contributed by atoms with Crippen LogP contribution in [0.25, 0.3) is 11.3 Å². The lowest BCUT2D eigenvalue weighted by Gasteiger charge is -2.21. The van der Waals surface area contributed by atoms with Crippen LogP contribution in [0, 0.1) is 0 Å². The van der Waals surface area contributed by atoms with Crippen molar-refractivity contribution in [1.29, 1.82) is 0 Å². The molecule has 136 valence electrons. The Balaban J connectivity index is 1.76. The van der Waals surface area contributed by atoms with Gasteiger partial charge in [-0.15, -0.1) is 11.6 Å². The molecule has 0 spiro atoms. The average molecular weight is 375 g/mol. The number of hydrogen-bond donors (Lipinski definition) is 0. The normalized spacial score (nSPS) is 12.0. The molecule has 0 aliphatic rings. The first-order valence-electron chi connectivity index (χ1n) is 8.12. The maximum absolute atomic E-state index is 12.4. The highest BCUT2D eigenvalue weighted by Gasteiger charge is 2.22. The number of methoxy groups -OCH3 is 1. The second-order valence-electron chi connectivity index (χ2n) is 5.80. The van der Waals surface area contributed by atoms with Gasteiger partial charge in [0.1, 0.15) is 22.6 Å². The number of halogens is 1.